The molecule has 0 saturated heterocycles. The van der Waals surface area contributed by atoms with Crippen molar-refractivity contribution >= 4 is 34.0 Å². The molecule has 0 spiro atoms. The van der Waals surface area contributed by atoms with Gasteiger partial charge < -0.3 is 10.4 Å². The number of hydrogen-bond acceptors (Lipinski definition) is 4. The van der Waals surface area contributed by atoms with Crippen LogP contribution in [0.3, 0.4) is 0 Å². The average molecular weight is 433 g/mol. The highest BCUT2D eigenvalue weighted by atomic mass is 35.5. The Bertz CT molecular complexity index is 1290. The maximum absolute atomic E-state index is 13.1. The van der Waals surface area contributed by atoms with Gasteiger partial charge in [0, 0.05) is 17.2 Å². The molecular weight excluding hydrogens is 416 g/mol. The first kappa shape index (κ1) is 20.4. The Morgan fingerprint density at radius 1 is 0.968 bits per heavy atom. The number of amides is 1. The van der Waals surface area contributed by atoms with Crippen molar-refractivity contribution in [3.05, 3.63) is 117 Å². The lowest BCUT2D eigenvalue weighted by Crippen LogP contribution is -2.29. The Morgan fingerprint density at radius 2 is 1.68 bits per heavy atom. The van der Waals surface area contributed by atoms with E-state index < -0.39 is 16.9 Å². The third-order valence-electron chi connectivity index (χ3n) is 5.05. The summed E-state index contributed by atoms with van der Waals surface area (Å²) in [4.78, 5) is 23.7. The summed E-state index contributed by atoms with van der Waals surface area (Å²) in [6, 6.07) is 23.4. The predicted octanol–water partition coefficient (Wildman–Crippen LogP) is 5.63. The minimum absolute atomic E-state index is 0.0370. The van der Waals surface area contributed by atoms with Gasteiger partial charge in [0.25, 0.3) is 11.6 Å². The van der Waals surface area contributed by atoms with E-state index in [1.165, 1.54) is 12.1 Å². The van der Waals surface area contributed by atoms with Crippen molar-refractivity contribution < 1.29 is 14.8 Å². The fourth-order valence-corrected chi connectivity index (χ4v) is 3.75. The Hall–Kier alpha value is -3.90. The molecule has 0 saturated carbocycles. The number of nitro benzene ring substituents is 1. The molecule has 0 radical (unpaired) electrons. The van der Waals surface area contributed by atoms with Crippen molar-refractivity contribution in [2.75, 3.05) is 0 Å². The minimum Gasteiger partial charge on any atom is -0.508 e. The van der Waals surface area contributed by atoms with Gasteiger partial charge in [-0.05, 0) is 34.5 Å². The van der Waals surface area contributed by atoms with Crippen LogP contribution in [0.15, 0.2) is 84.9 Å². The number of nitrogens with one attached hydrogen (secondary N) is 1. The monoisotopic (exact) mass is 432 g/mol. The maximum Gasteiger partial charge on any atom is 0.288 e. The van der Waals surface area contributed by atoms with Gasteiger partial charge in [-0.25, -0.2) is 0 Å². The summed E-state index contributed by atoms with van der Waals surface area (Å²) < 4.78 is 0. The van der Waals surface area contributed by atoms with Crippen LogP contribution in [-0.2, 0) is 0 Å². The molecular formula is C24H17ClN2O4. The number of carbonyl (C=O) groups is 1. The summed E-state index contributed by atoms with van der Waals surface area (Å²) in [5.74, 6) is -0.490. The van der Waals surface area contributed by atoms with Crippen molar-refractivity contribution in [2.24, 2.45) is 0 Å². The smallest absolute Gasteiger partial charge is 0.288 e. The molecule has 4 aromatic rings. The van der Waals surface area contributed by atoms with Crippen molar-refractivity contribution in [3.63, 3.8) is 0 Å². The maximum atomic E-state index is 13.1. The first-order valence-electron chi connectivity index (χ1n) is 9.46. The SMILES string of the molecule is O=C(N[C@@H](c1ccccc1)c1c(O)ccc2ccccc12)c1ccc(Cl)c([N+](=O)[O-])c1. The topological polar surface area (TPSA) is 92.5 Å². The molecule has 0 aliphatic rings. The summed E-state index contributed by atoms with van der Waals surface area (Å²) in [6.07, 6.45) is 0. The lowest BCUT2D eigenvalue weighted by atomic mass is 9.92. The molecule has 4 aromatic carbocycles. The molecule has 0 bridgehead atoms. The molecule has 6 nitrogen and oxygen atoms in total. The zero-order chi connectivity index (χ0) is 22.0. The molecule has 2 N–H and O–H groups in total. The summed E-state index contributed by atoms with van der Waals surface area (Å²) in [5, 5.41) is 26.5. The van der Waals surface area contributed by atoms with Gasteiger partial charge in [-0.2, -0.15) is 0 Å². The van der Waals surface area contributed by atoms with Crippen LogP contribution in [0.5, 0.6) is 5.75 Å². The second kappa shape index (κ2) is 8.45. The number of rotatable bonds is 5. The fraction of sp³-hybridized carbons (Fsp3) is 0.0417. The number of nitro groups is 1. The summed E-state index contributed by atoms with van der Waals surface area (Å²) >= 11 is 5.87. The zero-order valence-electron chi connectivity index (χ0n) is 16.2. The average Bonchev–Trinajstić information content (AvgIpc) is 2.78. The van der Waals surface area contributed by atoms with Crippen LogP contribution in [0, 0.1) is 10.1 Å². The highest BCUT2D eigenvalue weighted by molar-refractivity contribution is 6.32. The molecule has 0 aliphatic heterocycles. The number of phenolic OH excluding ortho intramolecular Hbond substituents is 1. The summed E-state index contributed by atoms with van der Waals surface area (Å²) in [5.41, 5.74) is 1.04. The van der Waals surface area contributed by atoms with Gasteiger partial charge in [0.2, 0.25) is 0 Å². The van der Waals surface area contributed by atoms with Gasteiger partial charge in [0.05, 0.1) is 11.0 Å². The molecule has 0 aliphatic carbocycles. The normalized spacial score (nSPS) is 11.8. The van der Waals surface area contributed by atoms with E-state index in [4.69, 9.17) is 11.6 Å². The Kier molecular flexibility index (Phi) is 5.56. The number of phenols is 1. The zero-order valence-corrected chi connectivity index (χ0v) is 16.9. The van der Waals surface area contributed by atoms with Gasteiger partial charge >= 0.3 is 0 Å². The van der Waals surface area contributed by atoms with E-state index in [0.29, 0.717) is 5.56 Å². The van der Waals surface area contributed by atoms with E-state index in [1.54, 1.807) is 12.1 Å². The second-order valence-corrected chi connectivity index (χ2v) is 7.37. The number of fused-ring (bicyclic) bond motifs is 1. The first-order chi connectivity index (χ1) is 15.0. The van der Waals surface area contributed by atoms with E-state index in [1.807, 2.05) is 54.6 Å². The lowest BCUT2D eigenvalue weighted by molar-refractivity contribution is -0.384. The standard InChI is InChI=1S/C24H17ClN2O4/c25-19-12-10-17(14-20(19)27(30)31)24(29)26-23(16-7-2-1-3-8-16)22-18-9-5-4-6-15(18)11-13-21(22)28/h1-14,23,28H,(H,26,29)/t23-/m0/s1. The number of benzene rings is 4. The Labute approximate surface area is 182 Å². The van der Waals surface area contributed by atoms with Crippen LogP contribution in [0.25, 0.3) is 10.8 Å². The van der Waals surface area contributed by atoms with Gasteiger partial charge in [0.15, 0.2) is 0 Å². The summed E-state index contributed by atoms with van der Waals surface area (Å²) in [7, 11) is 0. The molecule has 0 heterocycles. The number of aromatic hydroxyl groups is 1. The minimum atomic E-state index is -0.686. The number of halogens is 1. The van der Waals surface area contributed by atoms with E-state index >= 15 is 0 Å². The first-order valence-corrected chi connectivity index (χ1v) is 9.84. The number of nitrogens with zero attached hydrogens (tertiary/aromatic N) is 1. The van der Waals surface area contributed by atoms with Crippen LogP contribution < -0.4 is 5.32 Å². The highest BCUT2D eigenvalue weighted by Gasteiger charge is 2.24. The quantitative estimate of drug-likeness (QED) is 0.316. The third-order valence-corrected chi connectivity index (χ3v) is 5.37. The molecule has 0 fully saturated rings. The van der Waals surface area contributed by atoms with Crippen molar-refractivity contribution in [1.29, 1.82) is 0 Å². The van der Waals surface area contributed by atoms with E-state index in [-0.39, 0.29) is 22.0 Å². The molecule has 1 amide bonds. The van der Waals surface area contributed by atoms with Crippen LogP contribution in [0.1, 0.15) is 27.5 Å². The van der Waals surface area contributed by atoms with Crippen LogP contribution in [0.2, 0.25) is 5.02 Å². The van der Waals surface area contributed by atoms with Crippen molar-refractivity contribution in [3.8, 4) is 5.75 Å². The van der Waals surface area contributed by atoms with Crippen LogP contribution in [0.4, 0.5) is 5.69 Å². The Balaban J connectivity index is 1.82. The summed E-state index contributed by atoms with van der Waals surface area (Å²) in [6.45, 7) is 0. The molecule has 1 atom stereocenters. The van der Waals surface area contributed by atoms with Gasteiger partial charge in [-0.15, -0.1) is 0 Å². The molecule has 31 heavy (non-hydrogen) atoms. The second-order valence-electron chi connectivity index (χ2n) is 6.96. The third kappa shape index (κ3) is 4.06. The Morgan fingerprint density at radius 3 is 2.42 bits per heavy atom. The highest BCUT2D eigenvalue weighted by Crippen LogP contribution is 2.36. The van der Waals surface area contributed by atoms with E-state index in [2.05, 4.69) is 5.32 Å². The van der Waals surface area contributed by atoms with Crippen molar-refractivity contribution in [2.45, 2.75) is 6.04 Å². The van der Waals surface area contributed by atoms with Crippen LogP contribution in [-0.4, -0.2) is 15.9 Å². The van der Waals surface area contributed by atoms with Crippen LogP contribution >= 0.6 is 11.6 Å². The van der Waals surface area contributed by atoms with Gasteiger partial charge in [0.1, 0.15) is 10.8 Å². The van der Waals surface area contributed by atoms with E-state index in [0.717, 1.165) is 22.4 Å². The van der Waals surface area contributed by atoms with Crippen molar-refractivity contribution in [1.82, 2.24) is 5.32 Å². The largest absolute Gasteiger partial charge is 0.508 e. The van der Waals surface area contributed by atoms with E-state index in [9.17, 15) is 20.0 Å². The molecule has 0 aromatic heterocycles. The fourth-order valence-electron chi connectivity index (χ4n) is 3.56. The predicted molar refractivity (Wildman–Crippen MR) is 119 cm³/mol. The molecule has 0 unspecified atom stereocenters. The molecule has 4 rings (SSSR count). The molecule has 154 valence electrons. The van der Waals surface area contributed by atoms with Gasteiger partial charge in [-0.1, -0.05) is 72.3 Å². The number of carbonyl (C=O) groups excluding carboxylic acids is 1. The molecule has 7 heteroatoms. The lowest BCUT2D eigenvalue weighted by Gasteiger charge is -2.22. The van der Waals surface area contributed by atoms with Gasteiger partial charge in [-0.3, -0.25) is 14.9 Å². The number of hydrogen-bond donors (Lipinski definition) is 2.